The molecule has 0 spiro atoms. The summed E-state index contributed by atoms with van der Waals surface area (Å²) in [6.07, 6.45) is -4.66. The molecule has 0 aromatic heterocycles. The fourth-order valence-corrected chi connectivity index (χ4v) is 3.15. The van der Waals surface area contributed by atoms with E-state index in [9.17, 15) is 37.1 Å². The molecule has 2 aromatic carbocycles. The number of alkyl halides is 3. The van der Waals surface area contributed by atoms with Crippen LogP contribution in [0, 0.1) is 13.8 Å². The van der Waals surface area contributed by atoms with E-state index in [1.807, 2.05) is 13.0 Å². The van der Waals surface area contributed by atoms with Crippen molar-refractivity contribution < 1.29 is 41.9 Å². The second kappa shape index (κ2) is 9.33. The largest absolute Gasteiger partial charge is 0.452 e. The van der Waals surface area contributed by atoms with Crippen molar-refractivity contribution >= 4 is 35.4 Å². The zero-order chi connectivity index (χ0) is 25.2. The van der Waals surface area contributed by atoms with E-state index < -0.39 is 49.0 Å². The van der Waals surface area contributed by atoms with Crippen LogP contribution in [-0.2, 0) is 9.53 Å². The van der Waals surface area contributed by atoms with E-state index in [0.29, 0.717) is 11.3 Å². The number of fused-ring (bicyclic) bond motifs is 1. The van der Waals surface area contributed by atoms with Gasteiger partial charge < -0.3 is 10.1 Å². The van der Waals surface area contributed by atoms with Crippen LogP contribution in [0.25, 0.3) is 0 Å². The predicted molar refractivity (Wildman–Crippen MR) is 111 cm³/mol. The molecule has 2 N–H and O–H groups in total. The summed E-state index contributed by atoms with van der Waals surface area (Å²) in [7, 11) is 0. The van der Waals surface area contributed by atoms with Crippen LogP contribution in [0.5, 0.6) is 0 Å². The lowest BCUT2D eigenvalue weighted by Gasteiger charge is -2.17. The van der Waals surface area contributed by atoms with Crippen molar-refractivity contribution in [2.75, 3.05) is 18.1 Å². The Morgan fingerprint density at radius 1 is 0.971 bits per heavy atom. The van der Waals surface area contributed by atoms with Gasteiger partial charge in [-0.05, 0) is 49.2 Å². The number of anilines is 1. The van der Waals surface area contributed by atoms with E-state index >= 15 is 0 Å². The molecule has 2 aromatic rings. The van der Waals surface area contributed by atoms with Gasteiger partial charge in [0.25, 0.3) is 17.7 Å². The Bertz CT molecular complexity index is 1210. The number of aryl methyl sites for hydroxylation is 2. The number of carbonyl (C=O) groups is 5. The normalized spacial score (nSPS) is 12.9. The molecule has 9 nitrogen and oxygen atoms in total. The summed E-state index contributed by atoms with van der Waals surface area (Å²) in [5, 5.41) is 3.00. The average Bonchev–Trinajstić information content (AvgIpc) is 3.01. The molecule has 3 rings (SSSR count). The fraction of sp³-hybridized carbons (Fsp3) is 0.227. The maximum atomic E-state index is 12.9. The molecule has 0 bridgehead atoms. The first-order valence-electron chi connectivity index (χ1n) is 9.79. The maximum absolute atomic E-state index is 12.9. The first-order valence-corrected chi connectivity index (χ1v) is 9.79. The van der Waals surface area contributed by atoms with E-state index in [1.54, 1.807) is 24.4 Å². The van der Waals surface area contributed by atoms with E-state index in [1.165, 1.54) is 17.4 Å². The van der Waals surface area contributed by atoms with Crippen LogP contribution < -0.4 is 15.5 Å². The Balaban J connectivity index is 1.66. The molecule has 0 saturated heterocycles. The Kier molecular flexibility index (Phi) is 6.70. The van der Waals surface area contributed by atoms with E-state index in [-0.39, 0.29) is 16.7 Å². The molecule has 0 fully saturated rings. The van der Waals surface area contributed by atoms with Crippen molar-refractivity contribution in [3.63, 3.8) is 0 Å². The lowest BCUT2D eigenvalue weighted by molar-refractivity contribution is -0.125. The highest BCUT2D eigenvalue weighted by Gasteiger charge is 2.38. The Labute approximate surface area is 190 Å². The van der Waals surface area contributed by atoms with Gasteiger partial charge in [0.2, 0.25) is 0 Å². The van der Waals surface area contributed by atoms with Gasteiger partial charge in [0, 0.05) is 0 Å². The third kappa shape index (κ3) is 5.39. The number of hydrogen-bond donors (Lipinski definition) is 2. The first kappa shape index (κ1) is 24.4. The number of hydrogen-bond acceptors (Lipinski definition) is 6. The second-order valence-electron chi connectivity index (χ2n) is 7.42. The number of rotatable bonds is 5. The molecule has 12 heteroatoms. The van der Waals surface area contributed by atoms with Crippen molar-refractivity contribution in [3.8, 4) is 0 Å². The highest BCUT2D eigenvalue weighted by atomic mass is 19.4. The minimum Gasteiger partial charge on any atom is -0.452 e. The van der Waals surface area contributed by atoms with E-state index in [2.05, 4.69) is 0 Å². The zero-order valence-corrected chi connectivity index (χ0v) is 17.9. The monoisotopic (exact) mass is 477 g/mol. The molecule has 34 heavy (non-hydrogen) atoms. The molecular weight excluding hydrogens is 459 g/mol. The Morgan fingerprint density at radius 3 is 2.32 bits per heavy atom. The lowest BCUT2D eigenvalue weighted by atomic mass is 10.1. The van der Waals surface area contributed by atoms with Gasteiger partial charge in [-0.15, -0.1) is 0 Å². The summed E-state index contributed by atoms with van der Waals surface area (Å²) in [6.45, 7) is 0.949. The third-order valence-corrected chi connectivity index (χ3v) is 4.76. The van der Waals surface area contributed by atoms with Gasteiger partial charge in [0.15, 0.2) is 6.61 Å². The predicted octanol–water partition coefficient (Wildman–Crippen LogP) is 2.65. The number of urea groups is 1. The highest BCUT2D eigenvalue weighted by molar-refractivity contribution is 6.35. The molecule has 0 atom stereocenters. The number of ether oxygens (including phenoxy) is 1. The van der Waals surface area contributed by atoms with Crippen LogP contribution in [0.3, 0.4) is 0 Å². The number of benzene rings is 2. The number of imide groups is 2. The summed E-state index contributed by atoms with van der Waals surface area (Å²) in [5.74, 6) is -3.40. The quantitative estimate of drug-likeness (QED) is 0.505. The molecule has 0 radical (unpaired) electrons. The van der Waals surface area contributed by atoms with Crippen molar-refractivity contribution in [1.29, 1.82) is 0 Å². The van der Waals surface area contributed by atoms with Crippen molar-refractivity contribution in [2.24, 2.45) is 0 Å². The lowest BCUT2D eigenvalue weighted by Crippen LogP contribution is -2.44. The van der Waals surface area contributed by atoms with Crippen LogP contribution in [0.15, 0.2) is 36.4 Å². The molecule has 5 amide bonds. The van der Waals surface area contributed by atoms with Gasteiger partial charge in [0.1, 0.15) is 6.54 Å². The van der Waals surface area contributed by atoms with E-state index in [4.69, 9.17) is 4.74 Å². The SMILES string of the molecule is Cc1ccc(C)c(N2C(=O)c3ccc(C(=O)OCC(=O)NC(=O)NCC(F)(F)F)cc3C2=O)c1. The number of nitrogens with zero attached hydrogens (tertiary/aromatic N) is 1. The van der Waals surface area contributed by atoms with Crippen molar-refractivity contribution in [1.82, 2.24) is 10.6 Å². The van der Waals surface area contributed by atoms with Gasteiger partial charge in [-0.25, -0.2) is 14.5 Å². The van der Waals surface area contributed by atoms with Crippen LogP contribution in [0.1, 0.15) is 42.2 Å². The van der Waals surface area contributed by atoms with Crippen LogP contribution in [-0.4, -0.2) is 49.0 Å². The summed E-state index contributed by atoms with van der Waals surface area (Å²) >= 11 is 0. The zero-order valence-electron chi connectivity index (χ0n) is 17.9. The van der Waals surface area contributed by atoms with E-state index in [0.717, 1.165) is 16.5 Å². The number of esters is 1. The summed E-state index contributed by atoms with van der Waals surface area (Å²) in [5.41, 5.74) is 1.86. The molecule has 1 aliphatic rings. The molecule has 0 saturated carbocycles. The summed E-state index contributed by atoms with van der Waals surface area (Å²) < 4.78 is 40.9. The van der Waals surface area contributed by atoms with Crippen molar-refractivity contribution in [2.45, 2.75) is 20.0 Å². The van der Waals surface area contributed by atoms with Crippen LogP contribution >= 0.6 is 0 Å². The van der Waals surface area contributed by atoms with Gasteiger partial charge in [0.05, 0.1) is 22.4 Å². The second-order valence-corrected chi connectivity index (χ2v) is 7.42. The standard InChI is InChI=1S/C22H18F3N3O6/c1-11-3-4-12(2)16(7-11)28-18(30)14-6-5-13(8-15(14)19(28)31)20(32)34-9-17(29)27-21(33)26-10-22(23,24)25/h3-8H,9-10H2,1-2H3,(H2,26,27,29,33). The summed E-state index contributed by atoms with van der Waals surface area (Å²) in [6, 6.07) is 7.54. The molecular formula is C22H18F3N3O6. The molecule has 0 unspecified atom stereocenters. The van der Waals surface area contributed by atoms with Gasteiger partial charge >= 0.3 is 18.2 Å². The Hall–Kier alpha value is -4.22. The van der Waals surface area contributed by atoms with Crippen LogP contribution in [0.4, 0.5) is 23.7 Å². The van der Waals surface area contributed by atoms with Crippen LogP contribution in [0.2, 0.25) is 0 Å². The smallest absolute Gasteiger partial charge is 0.405 e. The minimum absolute atomic E-state index is 0.0312. The highest BCUT2D eigenvalue weighted by Crippen LogP contribution is 2.31. The average molecular weight is 477 g/mol. The molecule has 0 aliphatic carbocycles. The number of halogens is 3. The van der Waals surface area contributed by atoms with Gasteiger partial charge in [-0.3, -0.25) is 19.7 Å². The summed E-state index contributed by atoms with van der Waals surface area (Å²) in [4.78, 5) is 61.9. The number of nitrogens with one attached hydrogen (secondary N) is 2. The number of amides is 5. The topological polar surface area (TPSA) is 122 Å². The van der Waals surface area contributed by atoms with Gasteiger partial charge in [-0.1, -0.05) is 12.1 Å². The molecule has 1 heterocycles. The Morgan fingerprint density at radius 2 is 1.65 bits per heavy atom. The molecule has 178 valence electrons. The minimum atomic E-state index is -4.66. The van der Waals surface area contributed by atoms with Crippen molar-refractivity contribution in [3.05, 3.63) is 64.2 Å². The fourth-order valence-electron chi connectivity index (χ4n) is 3.15. The third-order valence-electron chi connectivity index (χ3n) is 4.76. The first-order chi connectivity index (χ1) is 15.9. The maximum Gasteiger partial charge on any atom is 0.405 e. The van der Waals surface area contributed by atoms with Gasteiger partial charge in [-0.2, -0.15) is 13.2 Å². The number of carbonyl (C=O) groups excluding carboxylic acids is 5. The molecule has 1 aliphatic heterocycles.